The number of imide groups is 1. The Morgan fingerprint density at radius 1 is 1.46 bits per heavy atom. The Labute approximate surface area is 76.3 Å². The van der Waals surface area contributed by atoms with Crippen LogP contribution in [0.15, 0.2) is 0 Å². The summed E-state index contributed by atoms with van der Waals surface area (Å²) in [6.07, 6.45) is 1.99. The van der Waals surface area contributed by atoms with E-state index in [1.807, 2.05) is 0 Å². The summed E-state index contributed by atoms with van der Waals surface area (Å²) in [4.78, 5) is 22.4. The van der Waals surface area contributed by atoms with Crippen molar-refractivity contribution in [3.63, 3.8) is 0 Å². The predicted molar refractivity (Wildman–Crippen MR) is 46.1 cm³/mol. The minimum absolute atomic E-state index is 0.0685. The molecule has 0 aromatic heterocycles. The summed E-state index contributed by atoms with van der Waals surface area (Å²) >= 11 is 0. The second-order valence-electron chi connectivity index (χ2n) is 3.76. The standard InChI is InChI=1S/C8H13N3O2/c1-8(5-3-2-4-9-5)6(12)10-7(13)11-8/h5,9H,2-4H2,1H3,(H2,10,11,12,13). The van der Waals surface area contributed by atoms with Crippen molar-refractivity contribution in [1.82, 2.24) is 16.0 Å². The van der Waals surface area contributed by atoms with Gasteiger partial charge in [-0.2, -0.15) is 0 Å². The summed E-state index contributed by atoms with van der Waals surface area (Å²) in [6.45, 7) is 2.68. The van der Waals surface area contributed by atoms with Crippen LogP contribution in [0.25, 0.3) is 0 Å². The van der Waals surface area contributed by atoms with Crippen molar-refractivity contribution in [3.8, 4) is 0 Å². The summed E-state index contributed by atoms with van der Waals surface area (Å²) in [5.41, 5.74) is -0.756. The summed E-state index contributed by atoms with van der Waals surface area (Å²) in [7, 11) is 0. The monoisotopic (exact) mass is 183 g/mol. The lowest BCUT2D eigenvalue weighted by Crippen LogP contribution is -2.57. The Morgan fingerprint density at radius 2 is 2.23 bits per heavy atom. The molecule has 2 fully saturated rings. The van der Waals surface area contributed by atoms with Gasteiger partial charge in [0.05, 0.1) is 0 Å². The van der Waals surface area contributed by atoms with E-state index in [1.165, 1.54) is 0 Å². The van der Waals surface area contributed by atoms with E-state index in [9.17, 15) is 9.59 Å². The minimum atomic E-state index is -0.756. The molecule has 5 heteroatoms. The highest BCUT2D eigenvalue weighted by Gasteiger charge is 2.48. The van der Waals surface area contributed by atoms with E-state index in [0.717, 1.165) is 19.4 Å². The van der Waals surface area contributed by atoms with Crippen molar-refractivity contribution in [2.24, 2.45) is 0 Å². The maximum absolute atomic E-state index is 11.5. The molecule has 2 saturated heterocycles. The van der Waals surface area contributed by atoms with Gasteiger partial charge in [0.25, 0.3) is 5.91 Å². The second kappa shape index (κ2) is 2.70. The van der Waals surface area contributed by atoms with E-state index in [4.69, 9.17) is 0 Å². The number of hydrogen-bond donors (Lipinski definition) is 3. The van der Waals surface area contributed by atoms with Crippen molar-refractivity contribution < 1.29 is 9.59 Å². The summed E-state index contributed by atoms with van der Waals surface area (Å²) in [5, 5.41) is 8.13. The van der Waals surface area contributed by atoms with Gasteiger partial charge >= 0.3 is 6.03 Å². The summed E-state index contributed by atoms with van der Waals surface area (Å²) in [5.74, 6) is -0.225. The third-order valence-electron chi connectivity index (χ3n) is 2.83. The highest BCUT2D eigenvalue weighted by Crippen LogP contribution is 2.21. The highest BCUT2D eigenvalue weighted by atomic mass is 16.2. The summed E-state index contributed by atoms with van der Waals surface area (Å²) in [6, 6.07) is -0.319. The Bertz CT molecular complexity index is 260. The number of carbonyl (C=O) groups excluding carboxylic acids is 2. The molecule has 0 saturated carbocycles. The van der Waals surface area contributed by atoms with E-state index in [1.54, 1.807) is 6.92 Å². The minimum Gasteiger partial charge on any atom is -0.322 e. The van der Waals surface area contributed by atoms with Gasteiger partial charge in [-0.1, -0.05) is 0 Å². The predicted octanol–water partition coefficient (Wildman–Crippen LogP) is -0.663. The molecule has 13 heavy (non-hydrogen) atoms. The number of hydrogen-bond acceptors (Lipinski definition) is 3. The molecular weight excluding hydrogens is 170 g/mol. The zero-order valence-corrected chi connectivity index (χ0v) is 7.52. The van der Waals surface area contributed by atoms with Gasteiger partial charge in [-0.3, -0.25) is 10.1 Å². The average Bonchev–Trinajstić information content (AvgIpc) is 2.61. The lowest BCUT2D eigenvalue weighted by atomic mass is 9.91. The normalized spacial score (nSPS) is 39.0. The molecule has 72 valence electrons. The van der Waals surface area contributed by atoms with E-state index in [2.05, 4.69) is 16.0 Å². The molecule has 5 nitrogen and oxygen atoms in total. The van der Waals surface area contributed by atoms with Gasteiger partial charge in [0.2, 0.25) is 0 Å². The Hall–Kier alpha value is -1.10. The van der Waals surface area contributed by atoms with Crippen LogP contribution in [-0.4, -0.2) is 30.1 Å². The van der Waals surface area contributed by atoms with Crippen molar-refractivity contribution >= 4 is 11.9 Å². The van der Waals surface area contributed by atoms with Crippen LogP contribution in [0.2, 0.25) is 0 Å². The molecule has 2 atom stereocenters. The maximum Gasteiger partial charge on any atom is 0.322 e. The Morgan fingerprint density at radius 3 is 2.69 bits per heavy atom. The first-order chi connectivity index (χ1) is 6.13. The van der Waals surface area contributed by atoms with Crippen molar-refractivity contribution in [1.29, 1.82) is 0 Å². The molecule has 3 amide bonds. The topological polar surface area (TPSA) is 70.2 Å². The highest BCUT2D eigenvalue weighted by molar-refractivity contribution is 6.07. The molecule has 2 heterocycles. The fraction of sp³-hybridized carbons (Fsp3) is 0.750. The second-order valence-corrected chi connectivity index (χ2v) is 3.76. The fourth-order valence-electron chi connectivity index (χ4n) is 1.98. The van der Waals surface area contributed by atoms with Gasteiger partial charge in [0.1, 0.15) is 5.54 Å². The zero-order chi connectivity index (χ0) is 9.47. The van der Waals surface area contributed by atoms with Gasteiger partial charge in [-0.15, -0.1) is 0 Å². The molecule has 0 radical (unpaired) electrons. The van der Waals surface area contributed by atoms with Crippen LogP contribution in [0.4, 0.5) is 4.79 Å². The van der Waals surface area contributed by atoms with E-state index >= 15 is 0 Å². The van der Waals surface area contributed by atoms with Gasteiger partial charge in [-0.25, -0.2) is 4.79 Å². The number of rotatable bonds is 1. The molecule has 0 aliphatic carbocycles. The molecule has 2 rings (SSSR count). The molecule has 2 aliphatic rings. The van der Waals surface area contributed by atoms with Crippen LogP contribution >= 0.6 is 0 Å². The molecule has 2 unspecified atom stereocenters. The molecule has 0 aromatic carbocycles. The van der Waals surface area contributed by atoms with Crippen LogP contribution in [0.1, 0.15) is 19.8 Å². The smallest absolute Gasteiger partial charge is 0.322 e. The molecule has 3 N–H and O–H groups in total. The van der Waals surface area contributed by atoms with Crippen molar-refractivity contribution in [2.75, 3.05) is 6.54 Å². The van der Waals surface area contributed by atoms with Crippen LogP contribution < -0.4 is 16.0 Å². The fourth-order valence-corrected chi connectivity index (χ4v) is 1.98. The number of urea groups is 1. The average molecular weight is 183 g/mol. The van der Waals surface area contributed by atoms with E-state index < -0.39 is 5.54 Å². The van der Waals surface area contributed by atoms with Gasteiger partial charge in [0.15, 0.2) is 0 Å². The molecule has 2 aliphatic heterocycles. The quantitative estimate of drug-likeness (QED) is 0.472. The maximum atomic E-state index is 11.5. The largest absolute Gasteiger partial charge is 0.322 e. The molecule has 0 bridgehead atoms. The molecule has 0 aromatic rings. The van der Waals surface area contributed by atoms with E-state index in [0.29, 0.717) is 0 Å². The Kier molecular flexibility index (Phi) is 1.76. The first-order valence-corrected chi connectivity index (χ1v) is 4.50. The third kappa shape index (κ3) is 1.19. The number of carbonyl (C=O) groups is 2. The van der Waals surface area contributed by atoms with Gasteiger partial charge in [-0.05, 0) is 26.3 Å². The summed E-state index contributed by atoms with van der Waals surface area (Å²) < 4.78 is 0. The zero-order valence-electron chi connectivity index (χ0n) is 7.52. The first-order valence-electron chi connectivity index (χ1n) is 4.50. The van der Waals surface area contributed by atoms with Crippen LogP contribution in [-0.2, 0) is 4.79 Å². The SMILES string of the molecule is CC1(C2CCCN2)NC(=O)NC1=O. The van der Waals surface area contributed by atoms with Crippen LogP contribution in [0, 0.1) is 0 Å². The Balaban J connectivity index is 2.18. The number of amides is 3. The van der Waals surface area contributed by atoms with Crippen molar-refractivity contribution in [2.45, 2.75) is 31.3 Å². The van der Waals surface area contributed by atoms with Gasteiger partial charge < -0.3 is 10.6 Å². The lowest BCUT2D eigenvalue weighted by molar-refractivity contribution is -0.124. The van der Waals surface area contributed by atoms with E-state index in [-0.39, 0.29) is 18.0 Å². The third-order valence-corrected chi connectivity index (χ3v) is 2.83. The van der Waals surface area contributed by atoms with Crippen LogP contribution in [0.5, 0.6) is 0 Å². The van der Waals surface area contributed by atoms with Crippen molar-refractivity contribution in [3.05, 3.63) is 0 Å². The lowest BCUT2D eigenvalue weighted by Gasteiger charge is -2.27. The van der Waals surface area contributed by atoms with Crippen LogP contribution in [0.3, 0.4) is 0 Å². The molecule has 0 spiro atoms. The number of nitrogens with one attached hydrogen (secondary N) is 3. The van der Waals surface area contributed by atoms with Gasteiger partial charge in [0, 0.05) is 6.04 Å². The molecular formula is C8H13N3O2. The first kappa shape index (κ1) is 8.50.